The van der Waals surface area contributed by atoms with Gasteiger partial charge < -0.3 is 14.2 Å². The average molecular weight is 517 g/mol. The van der Waals surface area contributed by atoms with E-state index in [1.54, 1.807) is 24.3 Å². The number of rotatable bonds is 6. The maximum Gasteiger partial charge on any atom is 0.363 e. The zero-order chi connectivity index (χ0) is 22.7. The van der Waals surface area contributed by atoms with Gasteiger partial charge in [-0.2, -0.15) is 0 Å². The molecule has 0 radical (unpaired) electrons. The van der Waals surface area contributed by atoms with Gasteiger partial charge in [-0.3, -0.25) is 0 Å². The Morgan fingerprint density at radius 3 is 2.72 bits per heavy atom. The highest BCUT2D eigenvalue weighted by molar-refractivity contribution is 9.10. The minimum Gasteiger partial charge on any atom is -0.493 e. The lowest BCUT2D eigenvalue weighted by Gasteiger charge is -2.13. The highest BCUT2D eigenvalue weighted by Crippen LogP contribution is 2.38. The molecule has 0 atom stereocenters. The van der Waals surface area contributed by atoms with E-state index in [2.05, 4.69) is 20.9 Å². The number of esters is 1. The van der Waals surface area contributed by atoms with Crippen LogP contribution in [0.4, 0.5) is 4.39 Å². The molecule has 0 saturated carbocycles. The highest BCUT2D eigenvalue weighted by atomic mass is 79.9. The molecule has 0 aliphatic carbocycles. The molecule has 0 aromatic heterocycles. The van der Waals surface area contributed by atoms with Gasteiger partial charge in [0.2, 0.25) is 5.90 Å². The normalized spacial score (nSPS) is 14.3. The van der Waals surface area contributed by atoms with Crippen LogP contribution in [-0.4, -0.2) is 19.0 Å². The maximum absolute atomic E-state index is 14.0. The number of benzene rings is 3. The van der Waals surface area contributed by atoms with E-state index in [-0.39, 0.29) is 17.2 Å². The van der Waals surface area contributed by atoms with Crippen molar-refractivity contribution < 1.29 is 23.4 Å². The molecule has 0 fully saturated rings. The Kier molecular flexibility index (Phi) is 6.58. The molecule has 0 saturated heterocycles. The zero-order valence-corrected chi connectivity index (χ0v) is 19.1. The maximum atomic E-state index is 14.0. The second-order valence-corrected chi connectivity index (χ2v) is 8.09. The SMILES string of the molecule is COc1cc(/C=C2\N=C(c3ccccc3F)OC2=O)cc(Cl)c1OCc1cccc(Br)c1. The monoisotopic (exact) mass is 515 g/mol. The van der Waals surface area contributed by atoms with Crippen LogP contribution in [0.3, 0.4) is 0 Å². The molecule has 1 aliphatic rings. The van der Waals surface area contributed by atoms with Crippen LogP contribution in [0.25, 0.3) is 6.08 Å². The lowest BCUT2D eigenvalue weighted by Crippen LogP contribution is -2.07. The van der Waals surface area contributed by atoms with Crippen molar-refractivity contribution in [2.45, 2.75) is 6.61 Å². The first-order valence-corrected chi connectivity index (χ1v) is 10.6. The topological polar surface area (TPSA) is 57.1 Å². The van der Waals surface area contributed by atoms with E-state index < -0.39 is 11.8 Å². The number of hydrogen-bond acceptors (Lipinski definition) is 5. The number of hydrogen-bond donors (Lipinski definition) is 0. The molecular formula is C24H16BrClFNO4. The van der Waals surface area contributed by atoms with Crippen molar-refractivity contribution in [3.05, 3.63) is 98.4 Å². The fourth-order valence-corrected chi connectivity index (χ4v) is 3.78. The number of cyclic esters (lactones) is 1. The van der Waals surface area contributed by atoms with E-state index in [1.807, 2.05) is 24.3 Å². The Balaban J connectivity index is 1.60. The number of ether oxygens (including phenoxy) is 3. The van der Waals surface area contributed by atoms with Crippen molar-refractivity contribution in [3.8, 4) is 11.5 Å². The summed E-state index contributed by atoms with van der Waals surface area (Å²) in [5.41, 5.74) is 1.62. The molecule has 0 N–H and O–H groups in total. The summed E-state index contributed by atoms with van der Waals surface area (Å²) in [6, 6.07) is 16.9. The first-order valence-electron chi connectivity index (χ1n) is 9.47. The smallest absolute Gasteiger partial charge is 0.363 e. The van der Waals surface area contributed by atoms with Crippen molar-refractivity contribution in [1.29, 1.82) is 0 Å². The van der Waals surface area contributed by atoms with Crippen LogP contribution < -0.4 is 9.47 Å². The summed E-state index contributed by atoms with van der Waals surface area (Å²) < 4.78 is 31.4. The number of aliphatic imine (C=N–C) groups is 1. The van der Waals surface area contributed by atoms with E-state index in [4.69, 9.17) is 25.8 Å². The summed E-state index contributed by atoms with van der Waals surface area (Å²) >= 11 is 9.86. The number of nitrogens with zero attached hydrogens (tertiary/aromatic N) is 1. The van der Waals surface area contributed by atoms with Gasteiger partial charge in [0.25, 0.3) is 0 Å². The van der Waals surface area contributed by atoms with Gasteiger partial charge >= 0.3 is 5.97 Å². The predicted octanol–water partition coefficient (Wildman–Crippen LogP) is 6.17. The number of halogens is 3. The van der Waals surface area contributed by atoms with E-state index in [0.29, 0.717) is 28.7 Å². The summed E-state index contributed by atoms with van der Waals surface area (Å²) in [6.07, 6.45) is 1.49. The lowest BCUT2D eigenvalue weighted by atomic mass is 10.1. The molecular weight excluding hydrogens is 501 g/mol. The molecule has 5 nitrogen and oxygen atoms in total. The van der Waals surface area contributed by atoms with Crippen molar-refractivity contribution in [2.75, 3.05) is 7.11 Å². The summed E-state index contributed by atoms with van der Waals surface area (Å²) in [6.45, 7) is 0.290. The third-order valence-electron chi connectivity index (χ3n) is 4.55. The number of methoxy groups -OCH3 is 1. The molecule has 162 valence electrons. The standard InChI is InChI=1S/C24H16BrClFNO4/c1-30-21-12-15(10-18(26)22(21)31-13-14-5-4-6-16(25)9-14)11-20-24(29)32-23(28-20)17-7-2-3-8-19(17)27/h2-12H,13H2,1H3/b20-11-. The molecule has 1 heterocycles. The Labute approximate surface area is 197 Å². The quantitative estimate of drug-likeness (QED) is 0.290. The fourth-order valence-electron chi connectivity index (χ4n) is 3.06. The molecule has 4 rings (SSSR count). The summed E-state index contributed by atoms with van der Waals surface area (Å²) in [5, 5.41) is 0.302. The minimum absolute atomic E-state index is 0.0178. The third kappa shape index (κ3) is 4.84. The zero-order valence-electron chi connectivity index (χ0n) is 16.8. The average Bonchev–Trinajstić information content (AvgIpc) is 3.13. The molecule has 0 bridgehead atoms. The largest absolute Gasteiger partial charge is 0.493 e. The van der Waals surface area contributed by atoms with Crippen LogP contribution in [0.15, 0.2) is 75.8 Å². The van der Waals surface area contributed by atoms with Gasteiger partial charge in [-0.25, -0.2) is 14.2 Å². The van der Waals surface area contributed by atoms with Crippen LogP contribution >= 0.6 is 27.5 Å². The molecule has 1 aliphatic heterocycles. The number of carbonyl (C=O) groups is 1. The molecule has 0 unspecified atom stereocenters. The number of carbonyl (C=O) groups excluding carboxylic acids is 1. The molecule has 0 spiro atoms. The first kappa shape index (κ1) is 22.0. The molecule has 3 aromatic carbocycles. The molecule has 3 aromatic rings. The van der Waals surface area contributed by atoms with Gasteiger partial charge in [0.15, 0.2) is 17.2 Å². The molecule has 32 heavy (non-hydrogen) atoms. The van der Waals surface area contributed by atoms with Gasteiger partial charge in [-0.1, -0.05) is 51.8 Å². The van der Waals surface area contributed by atoms with Crippen molar-refractivity contribution in [1.82, 2.24) is 0 Å². The molecule has 8 heteroatoms. The summed E-state index contributed by atoms with van der Waals surface area (Å²) in [4.78, 5) is 16.4. The van der Waals surface area contributed by atoms with Crippen molar-refractivity contribution in [3.63, 3.8) is 0 Å². The van der Waals surface area contributed by atoms with Crippen molar-refractivity contribution in [2.24, 2.45) is 4.99 Å². The third-order valence-corrected chi connectivity index (χ3v) is 5.33. The van der Waals surface area contributed by atoms with E-state index in [9.17, 15) is 9.18 Å². The minimum atomic E-state index is -0.687. The van der Waals surface area contributed by atoms with Gasteiger partial charge in [-0.05, 0) is 53.6 Å². The van der Waals surface area contributed by atoms with E-state index in [1.165, 1.54) is 25.3 Å². The highest BCUT2D eigenvalue weighted by Gasteiger charge is 2.26. The van der Waals surface area contributed by atoms with Crippen LogP contribution in [0.2, 0.25) is 5.02 Å². The summed E-state index contributed by atoms with van der Waals surface area (Å²) in [7, 11) is 1.49. The summed E-state index contributed by atoms with van der Waals surface area (Å²) in [5.74, 6) is -0.540. The van der Waals surface area contributed by atoms with Gasteiger partial charge in [0.05, 0.1) is 17.7 Å². The van der Waals surface area contributed by atoms with Crippen LogP contribution in [0, 0.1) is 5.82 Å². The van der Waals surface area contributed by atoms with E-state index >= 15 is 0 Å². The van der Waals surface area contributed by atoms with E-state index in [0.717, 1.165) is 10.0 Å². The first-order chi connectivity index (χ1) is 15.4. The van der Waals surface area contributed by atoms with Crippen LogP contribution in [0.5, 0.6) is 11.5 Å². The lowest BCUT2D eigenvalue weighted by molar-refractivity contribution is -0.129. The van der Waals surface area contributed by atoms with Gasteiger partial charge in [0, 0.05) is 4.47 Å². The Bertz CT molecular complexity index is 1260. The van der Waals surface area contributed by atoms with Crippen LogP contribution in [-0.2, 0) is 16.1 Å². The van der Waals surface area contributed by atoms with Crippen molar-refractivity contribution >= 4 is 45.5 Å². The Morgan fingerprint density at radius 2 is 1.97 bits per heavy atom. The van der Waals surface area contributed by atoms with Gasteiger partial charge in [-0.15, -0.1) is 0 Å². The molecule has 0 amide bonds. The second kappa shape index (κ2) is 9.54. The Morgan fingerprint density at radius 1 is 1.16 bits per heavy atom. The van der Waals surface area contributed by atoms with Crippen LogP contribution in [0.1, 0.15) is 16.7 Å². The predicted molar refractivity (Wildman–Crippen MR) is 123 cm³/mol. The second-order valence-electron chi connectivity index (χ2n) is 6.77. The Hall–Kier alpha value is -3.16. The fraction of sp³-hybridized carbons (Fsp3) is 0.0833. The van der Waals surface area contributed by atoms with Gasteiger partial charge in [0.1, 0.15) is 12.4 Å².